The minimum atomic E-state index is -0.214. The van der Waals surface area contributed by atoms with Crippen molar-refractivity contribution in [2.45, 2.75) is 6.42 Å². The van der Waals surface area contributed by atoms with Crippen molar-refractivity contribution in [3.05, 3.63) is 58.6 Å². The fraction of sp³-hybridized carbons (Fsp3) is 0.188. The third kappa shape index (κ3) is 4.58. The number of benzene rings is 2. The van der Waals surface area contributed by atoms with Crippen molar-refractivity contribution in [1.29, 1.82) is 0 Å². The van der Waals surface area contributed by atoms with Gasteiger partial charge in [0.1, 0.15) is 11.5 Å². The molecule has 0 heterocycles. The van der Waals surface area contributed by atoms with Gasteiger partial charge in [-0.1, -0.05) is 34.1 Å². The van der Waals surface area contributed by atoms with Gasteiger partial charge in [0.05, 0.1) is 5.56 Å². The van der Waals surface area contributed by atoms with E-state index >= 15 is 0 Å². The molecule has 0 aliphatic heterocycles. The number of hydrogen-bond donors (Lipinski definition) is 2. The zero-order chi connectivity index (χ0) is 15.1. The summed E-state index contributed by atoms with van der Waals surface area (Å²) in [6.45, 7) is 0.483. The summed E-state index contributed by atoms with van der Waals surface area (Å²) in [7, 11) is 0. The molecule has 2 N–H and O–H groups in total. The Hall–Kier alpha value is -1.85. The highest BCUT2D eigenvalue weighted by Gasteiger charge is 2.12. The Morgan fingerprint density at radius 3 is 2.76 bits per heavy atom. The van der Waals surface area contributed by atoms with E-state index < -0.39 is 0 Å². The Bertz CT molecular complexity index is 616. The van der Waals surface area contributed by atoms with Gasteiger partial charge >= 0.3 is 0 Å². The first-order valence-corrected chi connectivity index (χ1v) is 7.41. The van der Waals surface area contributed by atoms with Crippen molar-refractivity contribution in [2.24, 2.45) is 0 Å². The number of rotatable bonds is 6. The van der Waals surface area contributed by atoms with Gasteiger partial charge in [-0.05, 0) is 36.8 Å². The molecule has 0 aliphatic carbocycles. The first-order chi connectivity index (χ1) is 10.2. The Balaban J connectivity index is 2.15. The van der Waals surface area contributed by atoms with Crippen LogP contribution in [0, 0.1) is 0 Å². The molecule has 0 aliphatic rings. The SMILES string of the molecule is O=C(NCCCO)c1ccccc1Oc1cccc(Br)c1. The summed E-state index contributed by atoms with van der Waals surface area (Å²) >= 11 is 3.38. The van der Waals surface area contributed by atoms with Crippen LogP contribution in [0.25, 0.3) is 0 Å². The van der Waals surface area contributed by atoms with E-state index in [0.29, 0.717) is 30.0 Å². The van der Waals surface area contributed by atoms with Crippen LogP contribution in [0.1, 0.15) is 16.8 Å². The molecule has 4 nitrogen and oxygen atoms in total. The van der Waals surface area contributed by atoms with Gasteiger partial charge in [0, 0.05) is 17.6 Å². The van der Waals surface area contributed by atoms with Crippen molar-refractivity contribution in [3.8, 4) is 11.5 Å². The van der Waals surface area contributed by atoms with Crippen molar-refractivity contribution >= 4 is 21.8 Å². The second kappa shape index (κ2) is 7.81. The number of ether oxygens (including phenoxy) is 1. The van der Waals surface area contributed by atoms with E-state index in [9.17, 15) is 4.79 Å². The van der Waals surface area contributed by atoms with Crippen LogP contribution in [0.2, 0.25) is 0 Å². The highest BCUT2D eigenvalue weighted by atomic mass is 79.9. The van der Waals surface area contributed by atoms with Crippen molar-refractivity contribution in [2.75, 3.05) is 13.2 Å². The summed E-state index contributed by atoms with van der Waals surface area (Å²) in [6.07, 6.45) is 0.528. The van der Waals surface area contributed by atoms with Gasteiger partial charge in [0.2, 0.25) is 0 Å². The smallest absolute Gasteiger partial charge is 0.255 e. The molecule has 0 radical (unpaired) electrons. The second-order valence-corrected chi connectivity index (χ2v) is 5.30. The molecular weight excluding hydrogens is 334 g/mol. The van der Waals surface area contributed by atoms with Gasteiger partial charge in [0.25, 0.3) is 5.91 Å². The molecule has 0 bridgehead atoms. The molecular formula is C16H16BrNO3. The Morgan fingerprint density at radius 2 is 2.00 bits per heavy atom. The second-order valence-electron chi connectivity index (χ2n) is 4.39. The highest BCUT2D eigenvalue weighted by Crippen LogP contribution is 2.27. The van der Waals surface area contributed by atoms with Crippen molar-refractivity contribution < 1.29 is 14.6 Å². The summed E-state index contributed by atoms with van der Waals surface area (Å²) in [5.74, 6) is 0.936. The summed E-state index contributed by atoms with van der Waals surface area (Å²) in [6, 6.07) is 14.5. The molecule has 2 aromatic rings. The largest absolute Gasteiger partial charge is 0.456 e. The first kappa shape index (κ1) is 15.5. The number of halogens is 1. The van der Waals surface area contributed by atoms with Crippen LogP contribution < -0.4 is 10.1 Å². The Labute approximate surface area is 131 Å². The predicted octanol–water partition coefficient (Wildman–Crippen LogP) is 3.35. The van der Waals surface area contributed by atoms with Gasteiger partial charge in [-0.2, -0.15) is 0 Å². The molecule has 1 amide bonds. The minimum absolute atomic E-state index is 0.0521. The monoisotopic (exact) mass is 349 g/mol. The lowest BCUT2D eigenvalue weighted by Gasteiger charge is -2.11. The number of carbonyl (C=O) groups excluding carboxylic acids is 1. The molecule has 0 aromatic heterocycles. The summed E-state index contributed by atoms with van der Waals surface area (Å²) in [5.41, 5.74) is 0.468. The Kier molecular flexibility index (Phi) is 5.78. The van der Waals surface area contributed by atoms with Crippen LogP contribution in [0.4, 0.5) is 0 Å². The maximum Gasteiger partial charge on any atom is 0.255 e. The molecule has 2 rings (SSSR count). The van der Waals surface area contributed by atoms with E-state index in [2.05, 4.69) is 21.2 Å². The number of amides is 1. The number of para-hydroxylation sites is 1. The average molecular weight is 350 g/mol. The third-order valence-electron chi connectivity index (χ3n) is 2.78. The van der Waals surface area contributed by atoms with E-state index in [0.717, 1.165) is 4.47 Å². The van der Waals surface area contributed by atoms with Crippen LogP contribution in [-0.4, -0.2) is 24.2 Å². The lowest BCUT2D eigenvalue weighted by atomic mass is 10.2. The van der Waals surface area contributed by atoms with Crippen LogP contribution in [0.5, 0.6) is 11.5 Å². The molecule has 0 atom stereocenters. The standard InChI is InChI=1S/C16H16BrNO3/c17-12-5-3-6-13(11-12)21-15-8-2-1-7-14(15)16(20)18-9-4-10-19/h1-3,5-8,11,19H,4,9-10H2,(H,18,20). The topological polar surface area (TPSA) is 58.6 Å². The molecule has 0 saturated heterocycles. The normalized spacial score (nSPS) is 10.2. The van der Waals surface area contributed by atoms with Crippen LogP contribution in [0.3, 0.4) is 0 Å². The fourth-order valence-corrected chi connectivity index (χ4v) is 2.16. The van der Waals surface area contributed by atoms with E-state index in [1.54, 1.807) is 18.2 Å². The lowest BCUT2D eigenvalue weighted by molar-refractivity contribution is 0.0949. The summed E-state index contributed by atoms with van der Waals surface area (Å²) in [4.78, 5) is 12.1. The van der Waals surface area contributed by atoms with E-state index in [-0.39, 0.29) is 12.5 Å². The van der Waals surface area contributed by atoms with Gasteiger partial charge in [-0.25, -0.2) is 0 Å². The summed E-state index contributed by atoms with van der Waals surface area (Å²) in [5, 5.41) is 11.5. The van der Waals surface area contributed by atoms with E-state index in [1.165, 1.54) is 0 Å². The maximum absolute atomic E-state index is 12.1. The Morgan fingerprint density at radius 1 is 1.19 bits per heavy atom. The van der Waals surface area contributed by atoms with Gasteiger partial charge in [0.15, 0.2) is 0 Å². The van der Waals surface area contributed by atoms with Gasteiger partial charge in [-0.3, -0.25) is 4.79 Å². The molecule has 0 saturated carbocycles. The van der Waals surface area contributed by atoms with Gasteiger partial charge < -0.3 is 15.2 Å². The van der Waals surface area contributed by atoms with E-state index in [1.807, 2.05) is 30.3 Å². The predicted molar refractivity (Wildman–Crippen MR) is 84.7 cm³/mol. The molecule has 0 spiro atoms. The molecule has 0 fully saturated rings. The zero-order valence-electron chi connectivity index (χ0n) is 11.4. The number of nitrogens with one attached hydrogen (secondary N) is 1. The zero-order valence-corrected chi connectivity index (χ0v) is 13.0. The molecule has 2 aromatic carbocycles. The molecule has 110 valence electrons. The lowest BCUT2D eigenvalue weighted by Crippen LogP contribution is -2.25. The molecule has 0 unspecified atom stereocenters. The molecule has 5 heteroatoms. The first-order valence-electron chi connectivity index (χ1n) is 6.62. The third-order valence-corrected chi connectivity index (χ3v) is 3.27. The fourth-order valence-electron chi connectivity index (χ4n) is 1.78. The van der Waals surface area contributed by atoms with Crippen molar-refractivity contribution in [3.63, 3.8) is 0 Å². The maximum atomic E-state index is 12.1. The minimum Gasteiger partial charge on any atom is -0.456 e. The number of hydrogen-bond acceptors (Lipinski definition) is 3. The summed E-state index contributed by atoms with van der Waals surface area (Å²) < 4.78 is 6.68. The number of aliphatic hydroxyl groups excluding tert-OH is 1. The average Bonchev–Trinajstić information content (AvgIpc) is 2.48. The van der Waals surface area contributed by atoms with Gasteiger partial charge in [-0.15, -0.1) is 0 Å². The van der Waals surface area contributed by atoms with Crippen LogP contribution in [-0.2, 0) is 0 Å². The van der Waals surface area contributed by atoms with Crippen LogP contribution in [0.15, 0.2) is 53.0 Å². The van der Waals surface area contributed by atoms with Crippen LogP contribution >= 0.6 is 15.9 Å². The van der Waals surface area contributed by atoms with E-state index in [4.69, 9.17) is 9.84 Å². The quantitative estimate of drug-likeness (QED) is 0.786. The highest BCUT2D eigenvalue weighted by molar-refractivity contribution is 9.10. The molecule has 21 heavy (non-hydrogen) atoms. The number of carbonyl (C=O) groups is 1. The number of aliphatic hydroxyl groups is 1. The van der Waals surface area contributed by atoms with Crippen molar-refractivity contribution in [1.82, 2.24) is 5.32 Å².